The van der Waals surface area contributed by atoms with Crippen LogP contribution >= 0.6 is 0 Å². The van der Waals surface area contributed by atoms with Crippen molar-refractivity contribution in [2.75, 3.05) is 7.11 Å². The van der Waals surface area contributed by atoms with Crippen molar-refractivity contribution >= 4 is 5.97 Å². The molecule has 17 heavy (non-hydrogen) atoms. The molecule has 1 rings (SSSR count). The molecule has 0 aromatic heterocycles. The number of hydrogen-bond acceptors (Lipinski definition) is 5. The van der Waals surface area contributed by atoms with E-state index >= 15 is 0 Å². The van der Waals surface area contributed by atoms with E-state index in [0.29, 0.717) is 5.56 Å². The normalized spacial score (nSPS) is 13.5. The van der Waals surface area contributed by atoms with E-state index < -0.39 is 18.2 Å². The number of nitrogens with zero attached hydrogens (tertiary/aromatic N) is 1. The minimum Gasteiger partial charge on any atom is -0.467 e. The maximum absolute atomic E-state index is 11.0. The van der Waals surface area contributed by atoms with Gasteiger partial charge in [0.1, 0.15) is 6.10 Å². The zero-order valence-electron chi connectivity index (χ0n) is 9.33. The van der Waals surface area contributed by atoms with Crippen LogP contribution in [0.4, 0.5) is 0 Å². The predicted octanol–water partition coefficient (Wildman–Crippen LogP) is 0.320. The van der Waals surface area contributed by atoms with Gasteiger partial charge < -0.3 is 14.9 Å². The van der Waals surface area contributed by atoms with Crippen molar-refractivity contribution in [2.24, 2.45) is 0 Å². The maximum Gasteiger partial charge on any atom is 0.337 e. The third-order valence-electron chi connectivity index (χ3n) is 2.35. The molecule has 0 aliphatic rings. The van der Waals surface area contributed by atoms with E-state index in [2.05, 4.69) is 4.74 Å². The molecule has 90 valence electrons. The summed E-state index contributed by atoms with van der Waals surface area (Å²) >= 11 is 0. The number of carbonyl (C=O) groups is 1. The fourth-order valence-electron chi connectivity index (χ4n) is 1.36. The fourth-order valence-corrected chi connectivity index (χ4v) is 1.36. The number of ether oxygens (including phenoxy) is 1. The zero-order valence-corrected chi connectivity index (χ0v) is 9.33. The summed E-state index contributed by atoms with van der Waals surface area (Å²) in [5.74, 6) is -0.890. The van der Waals surface area contributed by atoms with Crippen molar-refractivity contribution in [1.82, 2.24) is 0 Å². The van der Waals surface area contributed by atoms with Gasteiger partial charge in [-0.1, -0.05) is 24.3 Å². The number of aliphatic hydroxyl groups excluding tert-OH is 2. The van der Waals surface area contributed by atoms with Crippen LogP contribution in [0.25, 0.3) is 0 Å². The minimum absolute atomic E-state index is 0.274. The number of benzene rings is 1. The third-order valence-corrected chi connectivity index (χ3v) is 2.35. The molecule has 1 aromatic carbocycles. The number of esters is 1. The molecule has 2 atom stereocenters. The zero-order chi connectivity index (χ0) is 12.8. The number of carbonyl (C=O) groups excluding carboxylic acids is 1. The lowest BCUT2D eigenvalue weighted by molar-refractivity contribution is -0.156. The summed E-state index contributed by atoms with van der Waals surface area (Å²) in [4.78, 5) is 11.0. The Morgan fingerprint density at radius 3 is 2.47 bits per heavy atom. The average molecular weight is 235 g/mol. The molecule has 0 amide bonds. The van der Waals surface area contributed by atoms with Crippen molar-refractivity contribution in [3.05, 3.63) is 35.4 Å². The first-order valence-corrected chi connectivity index (χ1v) is 5.00. The van der Waals surface area contributed by atoms with Gasteiger partial charge in [0, 0.05) is 0 Å². The van der Waals surface area contributed by atoms with Gasteiger partial charge in [0.2, 0.25) is 0 Å². The molecule has 0 heterocycles. The first-order chi connectivity index (χ1) is 8.10. The number of methoxy groups -OCH3 is 1. The van der Waals surface area contributed by atoms with Crippen LogP contribution in [0.15, 0.2) is 24.3 Å². The first-order valence-electron chi connectivity index (χ1n) is 5.00. The third kappa shape index (κ3) is 3.28. The van der Waals surface area contributed by atoms with Crippen molar-refractivity contribution < 1.29 is 19.7 Å². The van der Waals surface area contributed by atoms with Crippen LogP contribution in [0.2, 0.25) is 0 Å². The number of aliphatic hydroxyl groups is 2. The summed E-state index contributed by atoms with van der Waals surface area (Å²) in [6.45, 7) is 0. The molecule has 0 saturated carbocycles. The number of nitriles is 1. The molecule has 5 nitrogen and oxygen atoms in total. The molecule has 0 saturated heterocycles. The molecule has 5 heteroatoms. The van der Waals surface area contributed by atoms with Crippen molar-refractivity contribution in [3.8, 4) is 6.07 Å². The summed E-state index contributed by atoms with van der Waals surface area (Å²) in [7, 11) is 1.13. The Hall–Kier alpha value is -1.90. The van der Waals surface area contributed by atoms with Crippen molar-refractivity contribution in [3.63, 3.8) is 0 Å². The lowest BCUT2D eigenvalue weighted by Gasteiger charge is -2.16. The van der Waals surface area contributed by atoms with Crippen LogP contribution < -0.4 is 0 Å². The highest BCUT2D eigenvalue weighted by atomic mass is 16.5. The second-order valence-electron chi connectivity index (χ2n) is 3.49. The molecule has 0 aliphatic carbocycles. The van der Waals surface area contributed by atoms with E-state index in [0.717, 1.165) is 12.7 Å². The molecule has 0 aliphatic heterocycles. The Balaban J connectivity index is 2.79. The van der Waals surface area contributed by atoms with Crippen LogP contribution in [0.1, 0.15) is 17.2 Å². The van der Waals surface area contributed by atoms with E-state index in [1.54, 1.807) is 24.3 Å². The minimum atomic E-state index is -1.61. The topological polar surface area (TPSA) is 90.6 Å². The van der Waals surface area contributed by atoms with Gasteiger partial charge >= 0.3 is 5.97 Å². The summed E-state index contributed by atoms with van der Waals surface area (Å²) in [6.07, 6.45) is -2.67. The highest BCUT2D eigenvalue weighted by Gasteiger charge is 2.26. The lowest BCUT2D eigenvalue weighted by atomic mass is 10.0. The Labute approximate surface area is 98.9 Å². The van der Waals surface area contributed by atoms with E-state index in [1.165, 1.54) is 0 Å². The van der Waals surface area contributed by atoms with Crippen LogP contribution in [-0.2, 0) is 16.0 Å². The van der Waals surface area contributed by atoms with E-state index in [4.69, 9.17) is 5.26 Å². The van der Waals surface area contributed by atoms with Gasteiger partial charge in [0.25, 0.3) is 0 Å². The maximum atomic E-state index is 11.0. The second-order valence-corrected chi connectivity index (χ2v) is 3.49. The molecule has 0 fully saturated rings. The molecule has 2 unspecified atom stereocenters. The second kappa shape index (κ2) is 5.99. The monoisotopic (exact) mass is 235 g/mol. The number of rotatable bonds is 4. The Bertz CT molecular complexity index is 421. The van der Waals surface area contributed by atoms with Gasteiger partial charge in [-0.05, 0) is 11.1 Å². The largest absolute Gasteiger partial charge is 0.467 e. The fraction of sp³-hybridized carbons (Fsp3) is 0.333. The standard InChI is InChI=1S/C12H13NO4/c1-17-12(16)11(15)10(14)9-4-2-8(3-5-9)6-7-13/h2-5,10-11,14-15H,6H2,1H3. The van der Waals surface area contributed by atoms with Gasteiger partial charge in [-0.2, -0.15) is 5.26 Å². The van der Waals surface area contributed by atoms with E-state index in [9.17, 15) is 15.0 Å². The smallest absolute Gasteiger partial charge is 0.337 e. The molecule has 2 N–H and O–H groups in total. The van der Waals surface area contributed by atoms with Gasteiger partial charge in [0.15, 0.2) is 6.10 Å². The summed E-state index contributed by atoms with van der Waals surface area (Å²) in [5.41, 5.74) is 1.19. The van der Waals surface area contributed by atoms with Crippen molar-refractivity contribution in [1.29, 1.82) is 5.26 Å². The van der Waals surface area contributed by atoms with Gasteiger partial charge in [-0.15, -0.1) is 0 Å². The quantitative estimate of drug-likeness (QED) is 0.733. The molecular weight excluding hydrogens is 222 g/mol. The Morgan fingerprint density at radius 2 is 2.00 bits per heavy atom. The van der Waals surface area contributed by atoms with Crippen LogP contribution in [-0.4, -0.2) is 29.4 Å². The summed E-state index contributed by atoms with van der Waals surface area (Å²) in [5, 5.41) is 27.6. The Morgan fingerprint density at radius 1 is 1.41 bits per heavy atom. The molecule has 0 bridgehead atoms. The Kier molecular flexibility index (Phi) is 4.64. The summed E-state index contributed by atoms with van der Waals surface area (Å²) in [6, 6.07) is 8.43. The lowest BCUT2D eigenvalue weighted by Crippen LogP contribution is -2.28. The van der Waals surface area contributed by atoms with Gasteiger partial charge in [-0.25, -0.2) is 4.79 Å². The highest BCUT2D eigenvalue weighted by Crippen LogP contribution is 2.18. The molecular formula is C12H13NO4. The van der Waals surface area contributed by atoms with E-state index in [-0.39, 0.29) is 6.42 Å². The van der Waals surface area contributed by atoms with Crippen molar-refractivity contribution in [2.45, 2.75) is 18.6 Å². The predicted molar refractivity (Wildman–Crippen MR) is 58.7 cm³/mol. The molecule has 0 radical (unpaired) electrons. The van der Waals surface area contributed by atoms with Gasteiger partial charge in [0.05, 0.1) is 19.6 Å². The van der Waals surface area contributed by atoms with Crippen LogP contribution in [0.3, 0.4) is 0 Å². The first kappa shape index (κ1) is 13.2. The van der Waals surface area contributed by atoms with E-state index in [1.807, 2.05) is 6.07 Å². The highest BCUT2D eigenvalue weighted by molar-refractivity contribution is 5.75. The SMILES string of the molecule is COC(=O)C(O)C(O)c1ccc(CC#N)cc1. The summed E-state index contributed by atoms with van der Waals surface area (Å²) < 4.78 is 4.32. The molecule has 1 aromatic rings. The number of hydrogen-bond donors (Lipinski definition) is 2. The van der Waals surface area contributed by atoms with Gasteiger partial charge in [-0.3, -0.25) is 0 Å². The average Bonchev–Trinajstić information content (AvgIpc) is 2.37. The van der Waals surface area contributed by atoms with Crippen LogP contribution in [0, 0.1) is 11.3 Å². The molecule has 0 spiro atoms. The van der Waals surface area contributed by atoms with Crippen LogP contribution in [0.5, 0.6) is 0 Å².